The molecule has 1 aliphatic carbocycles. The second kappa shape index (κ2) is 8.47. The Morgan fingerprint density at radius 3 is 2.38 bits per heavy atom. The van der Waals surface area contributed by atoms with E-state index in [1.54, 1.807) is 11.0 Å². The Morgan fingerprint density at radius 2 is 1.72 bits per heavy atom. The minimum Gasteiger partial charge on any atom is -0.508 e. The summed E-state index contributed by atoms with van der Waals surface area (Å²) in [6.45, 7) is 5.16. The summed E-state index contributed by atoms with van der Waals surface area (Å²) >= 11 is 0. The molecule has 0 atom stereocenters. The van der Waals surface area contributed by atoms with Gasteiger partial charge in [-0.3, -0.25) is 14.9 Å². The zero-order valence-electron chi connectivity index (χ0n) is 18.5. The quantitative estimate of drug-likeness (QED) is 0.545. The van der Waals surface area contributed by atoms with Crippen molar-refractivity contribution in [2.45, 2.75) is 70.6 Å². The fourth-order valence-electron chi connectivity index (χ4n) is 4.82. The van der Waals surface area contributed by atoms with Gasteiger partial charge in [0.05, 0.1) is 5.56 Å². The van der Waals surface area contributed by atoms with Crippen molar-refractivity contribution in [3.8, 4) is 11.5 Å². The topological polar surface area (TPSA) is 110 Å². The lowest BCUT2D eigenvalue weighted by Crippen LogP contribution is -2.49. The van der Waals surface area contributed by atoms with Crippen LogP contribution in [0.2, 0.25) is 0 Å². The number of carboxylic acid groups (broad SMARTS) is 1. The number of rotatable bonds is 6. The van der Waals surface area contributed by atoms with Crippen LogP contribution < -0.4 is 5.32 Å². The van der Waals surface area contributed by atoms with E-state index in [9.17, 15) is 24.9 Å². The summed E-state index contributed by atoms with van der Waals surface area (Å²) in [5.74, 6) is -1.30. The van der Waals surface area contributed by atoms with Gasteiger partial charge in [0.2, 0.25) is 0 Å². The van der Waals surface area contributed by atoms with Crippen molar-refractivity contribution >= 4 is 11.9 Å². The third-order valence-corrected chi connectivity index (χ3v) is 6.78. The SMILES string of the molecule is CC(C)c1cc(C(=O)N2Cc3ccc(CNC4(C(=O)O)CCCC4)cc3C2)c(O)cc1O. The van der Waals surface area contributed by atoms with Crippen molar-refractivity contribution < 1.29 is 24.9 Å². The molecular weight excluding hydrogens is 408 g/mol. The highest BCUT2D eigenvalue weighted by atomic mass is 16.4. The number of carbonyl (C=O) groups is 2. The summed E-state index contributed by atoms with van der Waals surface area (Å²) in [5.41, 5.74) is 3.02. The molecule has 2 aromatic rings. The fourth-order valence-corrected chi connectivity index (χ4v) is 4.82. The van der Waals surface area contributed by atoms with Crippen molar-refractivity contribution in [2.75, 3.05) is 0 Å². The first-order valence-electron chi connectivity index (χ1n) is 11.1. The molecule has 7 heteroatoms. The summed E-state index contributed by atoms with van der Waals surface area (Å²) in [7, 11) is 0. The maximum atomic E-state index is 13.1. The monoisotopic (exact) mass is 438 g/mol. The van der Waals surface area contributed by atoms with Crippen molar-refractivity contribution in [3.05, 3.63) is 58.1 Å². The van der Waals surface area contributed by atoms with E-state index < -0.39 is 11.5 Å². The molecule has 0 radical (unpaired) electrons. The Morgan fingerprint density at radius 1 is 1.03 bits per heavy atom. The molecule has 0 spiro atoms. The number of fused-ring (bicyclic) bond motifs is 1. The number of hydrogen-bond acceptors (Lipinski definition) is 5. The summed E-state index contributed by atoms with van der Waals surface area (Å²) in [6, 6.07) is 8.79. The molecule has 0 aromatic heterocycles. The number of carbonyl (C=O) groups excluding carboxylic acids is 1. The summed E-state index contributed by atoms with van der Waals surface area (Å²) < 4.78 is 0. The molecule has 1 aliphatic heterocycles. The number of nitrogens with zero attached hydrogens (tertiary/aromatic N) is 1. The predicted octanol–water partition coefficient (Wildman–Crippen LogP) is 3.86. The lowest BCUT2D eigenvalue weighted by Gasteiger charge is -2.25. The first-order chi connectivity index (χ1) is 15.2. The van der Waals surface area contributed by atoms with Crippen LogP contribution in [0.4, 0.5) is 0 Å². The normalized spacial score (nSPS) is 17.0. The second-order valence-electron chi connectivity index (χ2n) is 9.30. The van der Waals surface area contributed by atoms with Crippen LogP contribution >= 0.6 is 0 Å². The van der Waals surface area contributed by atoms with Crippen LogP contribution in [0.15, 0.2) is 30.3 Å². The van der Waals surface area contributed by atoms with Gasteiger partial charge in [0.15, 0.2) is 0 Å². The van der Waals surface area contributed by atoms with Gasteiger partial charge in [0.1, 0.15) is 17.0 Å². The Labute approximate surface area is 187 Å². The van der Waals surface area contributed by atoms with Crippen LogP contribution in [0.3, 0.4) is 0 Å². The van der Waals surface area contributed by atoms with Gasteiger partial charge in [-0.15, -0.1) is 0 Å². The highest BCUT2D eigenvalue weighted by Gasteiger charge is 2.40. The molecule has 0 bridgehead atoms. The predicted molar refractivity (Wildman–Crippen MR) is 120 cm³/mol. The Balaban J connectivity index is 1.48. The molecule has 0 unspecified atom stereocenters. The second-order valence-corrected chi connectivity index (χ2v) is 9.30. The smallest absolute Gasteiger partial charge is 0.323 e. The zero-order chi connectivity index (χ0) is 23.0. The lowest BCUT2D eigenvalue weighted by atomic mass is 9.97. The number of carboxylic acids is 1. The van der Waals surface area contributed by atoms with E-state index in [1.807, 2.05) is 32.0 Å². The van der Waals surface area contributed by atoms with Crippen molar-refractivity contribution in [2.24, 2.45) is 0 Å². The maximum absolute atomic E-state index is 13.1. The molecule has 32 heavy (non-hydrogen) atoms. The van der Waals surface area contributed by atoms with Gasteiger partial charge < -0.3 is 20.2 Å². The maximum Gasteiger partial charge on any atom is 0.323 e. The van der Waals surface area contributed by atoms with Crippen LogP contribution in [-0.2, 0) is 24.4 Å². The number of aliphatic carboxylic acids is 1. The van der Waals surface area contributed by atoms with Gasteiger partial charge in [-0.25, -0.2) is 0 Å². The molecular formula is C25H30N2O5. The number of phenolic OH excluding ortho intramolecular Hbond substituents is 2. The first-order valence-corrected chi connectivity index (χ1v) is 11.1. The van der Waals surface area contributed by atoms with Gasteiger partial charge in [0, 0.05) is 25.7 Å². The minimum absolute atomic E-state index is 0.0157. The van der Waals surface area contributed by atoms with Crippen LogP contribution in [0.1, 0.15) is 78.1 Å². The van der Waals surface area contributed by atoms with Crippen molar-refractivity contribution in [1.82, 2.24) is 10.2 Å². The van der Waals surface area contributed by atoms with E-state index in [2.05, 4.69) is 5.32 Å². The molecule has 4 rings (SSSR count). The van der Waals surface area contributed by atoms with Gasteiger partial charge >= 0.3 is 5.97 Å². The number of hydrogen-bond donors (Lipinski definition) is 4. The highest BCUT2D eigenvalue weighted by molar-refractivity contribution is 5.97. The molecule has 4 N–H and O–H groups in total. The van der Waals surface area contributed by atoms with Crippen LogP contribution in [0, 0.1) is 0 Å². The van der Waals surface area contributed by atoms with Crippen molar-refractivity contribution in [3.63, 3.8) is 0 Å². The summed E-state index contributed by atoms with van der Waals surface area (Å²) in [6.07, 6.45) is 3.13. The summed E-state index contributed by atoms with van der Waals surface area (Å²) in [5, 5.41) is 33.2. The van der Waals surface area contributed by atoms with E-state index in [-0.39, 0.29) is 28.9 Å². The molecule has 1 amide bonds. The van der Waals surface area contributed by atoms with E-state index in [0.717, 1.165) is 29.5 Å². The highest BCUT2D eigenvalue weighted by Crippen LogP contribution is 2.35. The molecule has 1 saturated carbocycles. The third kappa shape index (κ3) is 4.05. The zero-order valence-corrected chi connectivity index (χ0v) is 18.5. The number of phenols is 2. The molecule has 2 aliphatic rings. The van der Waals surface area contributed by atoms with Crippen molar-refractivity contribution in [1.29, 1.82) is 0 Å². The van der Waals surface area contributed by atoms with Crippen LogP contribution in [-0.4, -0.2) is 37.6 Å². The fraction of sp³-hybridized carbons (Fsp3) is 0.440. The van der Waals surface area contributed by atoms with Gasteiger partial charge in [0.25, 0.3) is 5.91 Å². The standard InChI is InChI=1S/C25H30N2O5/c1-15(2)19-10-20(22(29)11-21(19)28)23(30)27-13-17-6-5-16(9-18(17)14-27)12-26-25(24(31)32)7-3-4-8-25/h5-6,9-11,15,26,28-29H,3-4,7-8,12-14H2,1-2H3,(H,31,32). The summed E-state index contributed by atoms with van der Waals surface area (Å²) in [4.78, 5) is 26.6. The Kier molecular flexibility index (Phi) is 5.86. The first kappa shape index (κ1) is 22.1. The van der Waals surface area contributed by atoms with Gasteiger partial charge in [-0.2, -0.15) is 0 Å². The van der Waals surface area contributed by atoms with E-state index in [4.69, 9.17) is 0 Å². The third-order valence-electron chi connectivity index (χ3n) is 6.78. The molecule has 1 heterocycles. The van der Waals surface area contributed by atoms with Crippen LogP contribution in [0.5, 0.6) is 11.5 Å². The van der Waals surface area contributed by atoms with E-state index in [1.165, 1.54) is 6.07 Å². The Bertz CT molecular complexity index is 1060. The van der Waals surface area contributed by atoms with Gasteiger partial charge in [-0.1, -0.05) is 44.9 Å². The molecule has 7 nitrogen and oxygen atoms in total. The molecule has 2 aromatic carbocycles. The average molecular weight is 439 g/mol. The number of nitrogens with one attached hydrogen (secondary N) is 1. The minimum atomic E-state index is -0.842. The number of amides is 1. The average Bonchev–Trinajstić information content (AvgIpc) is 3.39. The molecule has 170 valence electrons. The molecule has 0 saturated heterocycles. The number of benzene rings is 2. The van der Waals surface area contributed by atoms with Crippen LogP contribution in [0.25, 0.3) is 0 Å². The number of aromatic hydroxyl groups is 2. The lowest BCUT2D eigenvalue weighted by molar-refractivity contribution is -0.144. The van der Waals surface area contributed by atoms with E-state index in [0.29, 0.717) is 38.0 Å². The molecule has 1 fully saturated rings. The largest absolute Gasteiger partial charge is 0.508 e. The van der Waals surface area contributed by atoms with Gasteiger partial charge in [-0.05, 0) is 47.1 Å². The Hall–Kier alpha value is -3.06. The van der Waals surface area contributed by atoms with E-state index >= 15 is 0 Å².